The smallest absolute Gasteiger partial charge is 0.317 e. The van der Waals surface area contributed by atoms with Crippen LogP contribution in [0.2, 0.25) is 0 Å². The lowest BCUT2D eigenvalue weighted by Crippen LogP contribution is -2.55. The minimum atomic E-state index is -0.727. The van der Waals surface area contributed by atoms with Crippen molar-refractivity contribution in [2.75, 3.05) is 13.2 Å². The van der Waals surface area contributed by atoms with E-state index in [1.54, 1.807) is 12.2 Å². The third-order valence-electron chi connectivity index (χ3n) is 18.4. The quantitative estimate of drug-likeness (QED) is 0.126. The summed E-state index contributed by atoms with van der Waals surface area (Å²) in [6, 6.07) is 0. The fraction of sp³-hybridized carbons (Fsp3) is 0.755. The predicted molar refractivity (Wildman–Crippen MR) is 219 cm³/mol. The summed E-state index contributed by atoms with van der Waals surface area (Å²) >= 11 is 0. The van der Waals surface area contributed by atoms with Crippen LogP contribution in [0.1, 0.15) is 138 Å². The molecule has 0 unspecified atom stereocenters. The standard InChI is InChI=1S/C49H64O12/c1-26(50)58-24-40(54)36-9-7-32-30-21-42(38-19-28(52)11-15-48(38,5)34(30)13-17-46(32,36)3)60-44(56)23-45(57)61-43-22-31-33-8-10-37(41(55)25-59-27(2)51)47(33,4)18-14-35(31)49(6)16-12-29(53)20-39(43)49/h19-20,30-37,42-43H,7-18,21-25H2,1-6H3/t30-,31-,32-,33-,34-,35-,36+,37+,42+,43+,46-,47-,48+,49+/m0/s1. The zero-order valence-electron chi connectivity index (χ0n) is 36.8. The Bertz CT molecular complexity index is 1840. The molecule has 14 atom stereocenters. The normalized spacial score (nSPS) is 42.1. The lowest BCUT2D eigenvalue weighted by molar-refractivity contribution is -0.166. The van der Waals surface area contributed by atoms with Gasteiger partial charge in [-0.25, -0.2) is 0 Å². The van der Waals surface area contributed by atoms with E-state index in [0.717, 1.165) is 49.7 Å². The van der Waals surface area contributed by atoms with Crippen LogP contribution in [0.3, 0.4) is 0 Å². The van der Waals surface area contributed by atoms with Crippen LogP contribution in [0.25, 0.3) is 0 Å². The van der Waals surface area contributed by atoms with E-state index in [1.165, 1.54) is 13.8 Å². The maximum absolute atomic E-state index is 13.9. The monoisotopic (exact) mass is 844 g/mol. The number of ether oxygens (including phenoxy) is 4. The summed E-state index contributed by atoms with van der Waals surface area (Å²) in [4.78, 5) is 104. The highest BCUT2D eigenvalue weighted by atomic mass is 16.6. The molecule has 6 saturated carbocycles. The summed E-state index contributed by atoms with van der Waals surface area (Å²) in [6.45, 7) is 10.9. The molecule has 0 aromatic rings. The van der Waals surface area contributed by atoms with Crippen molar-refractivity contribution in [2.45, 2.75) is 150 Å². The summed E-state index contributed by atoms with van der Waals surface area (Å²) in [5, 5.41) is 0. The molecule has 0 saturated heterocycles. The first-order valence-electron chi connectivity index (χ1n) is 23.0. The average molecular weight is 845 g/mol. The van der Waals surface area contributed by atoms with Gasteiger partial charge in [0.15, 0.2) is 23.1 Å². The minimum absolute atomic E-state index is 0.000796. The molecule has 8 aliphatic carbocycles. The van der Waals surface area contributed by atoms with Crippen molar-refractivity contribution in [3.8, 4) is 0 Å². The number of hydrogen-bond acceptors (Lipinski definition) is 12. The number of esters is 4. The summed E-state index contributed by atoms with van der Waals surface area (Å²) in [7, 11) is 0. The maximum atomic E-state index is 13.9. The van der Waals surface area contributed by atoms with E-state index in [0.29, 0.717) is 51.4 Å². The number of carbonyl (C=O) groups excluding carboxylic acids is 8. The van der Waals surface area contributed by atoms with Crippen molar-refractivity contribution in [2.24, 2.45) is 69.0 Å². The Hall–Kier alpha value is -3.96. The zero-order valence-corrected chi connectivity index (χ0v) is 36.8. The molecule has 0 amide bonds. The number of hydrogen-bond donors (Lipinski definition) is 0. The number of carbonyl (C=O) groups is 8. The molecule has 12 heteroatoms. The van der Waals surface area contributed by atoms with Gasteiger partial charge in [0.2, 0.25) is 0 Å². The van der Waals surface area contributed by atoms with Crippen molar-refractivity contribution < 1.29 is 57.3 Å². The average Bonchev–Trinajstić information content (AvgIpc) is 3.74. The first-order chi connectivity index (χ1) is 28.8. The van der Waals surface area contributed by atoms with Gasteiger partial charge in [0.1, 0.15) is 31.8 Å². The zero-order chi connectivity index (χ0) is 43.8. The third-order valence-corrected chi connectivity index (χ3v) is 18.4. The maximum Gasteiger partial charge on any atom is 0.317 e. The Morgan fingerprint density at radius 2 is 0.951 bits per heavy atom. The number of Topliss-reactive ketones (excluding diaryl/α,β-unsaturated/α-hetero) is 2. The minimum Gasteiger partial charge on any atom is -0.458 e. The van der Waals surface area contributed by atoms with Crippen LogP contribution >= 0.6 is 0 Å². The Balaban J connectivity index is 0.984. The van der Waals surface area contributed by atoms with Crippen LogP contribution in [0, 0.1) is 69.0 Å². The predicted octanol–water partition coefficient (Wildman–Crippen LogP) is 6.98. The SMILES string of the molecule is CC(=O)OCC(=O)[C@H]1CC[C@H]2[C@@H]3C[C@@H](OC(=O)CC(=O)O[C@@H]4C[C@H]5[C@@H]6CC[C@H](C(=O)COC(C)=O)[C@@]6(C)CC[C@@H]5[C@@]5(C)CCC(=O)C=C45)C4=CC(=O)CC[C@]4(C)[C@H]3CC[C@]12C. The van der Waals surface area contributed by atoms with Crippen LogP contribution < -0.4 is 0 Å². The Morgan fingerprint density at radius 1 is 0.557 bits per heavy atom. The molecule has 0 aromatic carbocycles. The highest BCUT2D eigenvalue weighted by Gasteiger charge is 2.64. The Morgan fingerprint density at radius 3 is 1.33 bits per heavy atom. The van der Waals surface area contributed by atoms with E-state index in [-0.39, 0.29) is 105 Å². The topological polar surface area (TPSA) is 173 Å². The van der Waals surface area contributed by atoms with E-state index in [9.17, 15) is 38.4 Å². The highest BCUT2D eigenvalue weighted by Crippen LogP contribution is 2.69. The van der Waals surface area contributed by atoms with Gasteiger partial charge in [0.05, 0.1) is 0 Å². The fourth-order valence-corrected chi connectivity index (χ4v) is 15.5. The second-order valence-corrected chi connectivity index (χ2v) is 21.2. The molecule has 61 heavy (non-hydrogen) atoms. The van der Waals surface area contributed by atoms with Gasteiger partial charge in [-0.2, -0.15) is 0 Å². The Kier molecular flexibility index (Phi) is 11.4. The molecular formula is C49H64O12. The molecule has 12 nitrogen and oxygen atoms in total. The fourth-order valence-electron chi connectivity index (χ4n) is 15.5. The van der Waals surface area contributed by atoms with E-state index in [1.807, 2.05) is 0 Å². The lowest BCUT2D eigenvalue weighted by atomic mass is 9.46. The molecule has 0 heterocycles. The molecule has 0 N–H and O–H groups in total. The van der Waals surface area contributed by atoms with Crippen molar-refractivity contribution in [3.63, 3.8) is 0 Å². The van der Waals surface area contributed by atoms with E-state index < -0.39 is 42.5 Å². The van der Waals surface area contributed by atoms with Crippen LogP contribution in [0.4, 0.5) is 0 Å². The number of ketones is 4. The number of rotatable bonds is 10. The molecule has 0 bridgehead atoms. The first-order valence-corrected chi connectivity index (χ1v) is 23.0. The van der Waals surface area contributed by atoms with Gasteiger partial charge in [-0.3, -0.25) is 38.4 Å². The molecule has 0 spiro atoms. The van der Waals surface area contributed by atoms with Crippen LogP contribution in [0.15, 0.2) is 23.3 Å². The second-order valence-electron chi connectivity index (χ2n) is 21.2. The first kappa shape index (κ1) is 43.7. The largest absolute Gasteiger partial charge is 0.458 e. The van der Waals surface area contributed by atoms with Gasteiger partial charge >= 0.3 is 23.9 Å². The van der Waals surface area contributed by atoms with Crippen molar-refractivity contribution >= 4 is 47.0 Å². The van der Waals surface area contributed by atoms with Crippen LogP contribution in [-0.2, 0) is 57.3 Å². The van der Waals surface area contributed by atoms with Crippen LogP contribution in [-0.4, -0.2) is 72.4 Å². The van der Waals surface area contributed by atoms with Gasteiger partial charge in [0, 0.05) is 38.5 Å². The van der Waals surface area contributed by atoms with E-state index in [2.05, 4.69) is 27.7 Å². The number of fused-ring (bicyclic) bond motifs is 10. The summed E-state index contributed by atoms with van der Waals surface area (Å²) < 4.78 is 22.8. The van der Waals surface area contributed by atoms with Gasteiger partial charge in [-0.1, -0.05) is 27.7 Å². The molecule has 6 fully saturated rings. The van der Waals surface area contributed by atoms with Gasteiger partial charge in [0.25, 0.3) is 0 Å². The van der Waals surface area contributed by atoms with Gasteiger partial charge in [-0.15, -0.1) is 0 Å². The molecule has 8 rings (SSSR count). The second kappa shape index (κ2) is 16.0. The van der Waals surface area contributed by atoms with Gasteiger partial charge in [-0.05, 0) is 158 Å². The van der Waals surface area contributed by atoms with Crippen molar-refractivity contribution in [1.29, 1.82) is 0 Å². The molecule has 332 valence electrons. The lowest BCUT2D eigenvalue weighted by Gasteiger charge is -2.59. The Labute approximate surface area is 359 Å². The van der Waals surface area contributed by atoms with E-state index in [4.69, 9.17) is 18.9 Å². The van der Waals surface area contributed by atoms with E-state index >= 15 is 0 Å². The third kappa shape index (κ3) is 7.47. The van der Waals surface area contributed by atoms with Crippen molar-refractivity contribution in [3.05, 3.63) is 23.3 Å². The highest BCUT2D eigenvalue weighted by molar-refractivity contribution is 5.94. The summed E-state index contributed by atoms with van der Waals surface area (Å²) in [5.41, 5.74) is 0.276. The molecular weight excluding hydrogens is 781 g/mol. The molecule has 8 aliphatic rings. The van der Waals surface area contributed by atoms with Crippen molar-refractivity contribution in [1.82, 2.24) is 0 Å². The van der Waals surface area contributed by atoms with Gasteiger partial charge < -0.3 is 18.9 Å². The van der Waals surface area contributed by atoms with Crippen LogP contribution in [0.5, 0.6) is 0 Å². The molecule has 0 aromatic heterocycles. The summed E-state index contributed by atoms with van der Waals surface area (Å²) in [6.07, 6.45) is 10.9. The molecule has 0 radical (unpaired) electrons. The summed E-state index contributed by atoms with van der Waals surface area (Å²) in [5.74, 6) is -1.88. The molecule has 0 aliphatic heterocycles.